The summed E-state index contributed by atoms with van der Waals surface area (Å²) in [6.07, 6.45) is 0.939. The minimum Gasteiger partial charge on any atom is -0.338 e. The summed E-state index contributed by atoms with van der Waals surface area (Å²) in [4.78, 5) is 14.3. The number of likely N-dealkylation sites (tertiary alicyclic amines) is 1. The summed E-state index contributed by atoms with van der Waals surface area (Å²) < 4.78 is 13.1. The molecule has 0 saturated carbocycles. The standard InChI is InChI=1S/C17H15ClFNO/c18-16-10-14(19)6-7-15(16)17(21)20-9-8-13(11-20)12-4-2-1-3-5-12/h1-7,10,13H,8-9,11H2. The van der Waals surface area contributed by atoms with Gasteiger partial charge in [0.05, 0.1) is 10.6 Å². The van der Waals surface area contributed by atoms with Gasteiger partial charge in [0.2, 0.25) is 0 Å². The lowest BCUT2D eigenvalue weighted by atomic mass is 9.99. The molecule has 108 valence electrons. The summed E-state index contributed by atoms with van der Waals surface area (Å²) in [5, 5.41) is 0.170. The highest BCUT2D eigenvalue weighted by Crippen LogP contribution is 2.29. The third kappa shape index (κ3) is 2.93. The van der Waals surface area contributed by atoms with Gasteiger partial charge < -0.3 is 4.90 Å². The van der Waals surface area contributed by atoms with Crippen molar-refractivity contribution in [3.63, 3.8) is 0 Å². The quantitative estimate of drug-likeness (QED) is 0.817. The smallest absolute Gasteiger partial charge is 0.255 e. The number of amides is 1. The van der Waals surface area contributed by atoms with Gasteiger partial charge in [-0.05, 0) is 30.2 Å². The first kappa shape index (κ1) is 14.1. The number of carbonyl (C=O) groups excluding carboxylic acids is 1. The second kappa shape index (κ2) is 5.86. The zero-order chi connectivity index (χ0) is 14.8. The van der Waals surface area contributed by atoms with Crippen molar-refractivity contribution >= 4 is 17.5 Å². The highest BCUT2D eigenvalue weighted by molar-refractivity contribution is 6.33. The maximum atomic E-state index is 13.1. The van der Waals surface area contributed by atoms with Gasteiger partial charge in [0.1, 0.15) is 5.82 Å². The van der Waals surface area contributed by atoms with Crippen LogP contribution in [0.2, 0.25) is 5.02 Å². The molecule has 1 unspecified atom stereocenters. The van der Waals surface area contributed by atoms with Gasteiger partial charge in [-0.15, -0.1) is 0 Å². The van der Waals surface area contributed by atoms with Crippen LogP contribution in [0.5, 0.6) is 0 Å². The normalized spacial score (nSPS) is 18.0. The molecule has 0 N–H and O–H groups in total. The topological polar surface area (TPSA) is 20.3 Å². The molecule has 2 nitrogen and oxygen atoms in total. The van der Waals surface area contributed by atoms with Crippen LogP contribution in [0.15, 0.2) is 48.5 Å². The lowest BCUT2D eigenvalue weighted by Gasteiger charge is -2.17. The summed E-state index contributed by atoms with van der Waals surface area (Å²) in [6, 6.07) is 14.1. The van der Waals surface area contributed by atoms with Gasteiger partial charge in [-0.1, -0.05) is 41.9 Å². The fraction of sp³-hybridized carbons (Fsp3) is 0.235. The van der Waals surface area contributed by atoms with E-state index in [-0.39, 0.29) is 10.9 Å². The second-order valence-corrected chi connectivity index (χ2v) is 5.68. The number of halogens is 2. The van der Waals surface area contributed by atoms with Crippen LogP contribution in [0.25, 0.3) is 0 Å². The Kier molecular flexibility index (Phi) is 3.93. The first-order valence-corrected chi connectivity index (χ1v) is 7.32. The number of carbonyl (C=O) groups is 1. The minimum atomic E-state index is -0.430. The molecular formula is C17H15ClFNO. The fourth-order valence-corrected chi connectivity index (χ4v) is 3.02. The Bertz CT molecular complexity index is 659. The molecule has 3 rings (SSSR count). The van der Waals surface area contributed by atoms with Crippen LogP contribution in [0.3, 0.4) is 0 Å². The van der Waals surface area contributed by atoms with Crippen LogP contribution >= 0.6 is 11.6 Å². The van der Waals surface area contributed by atoms with E-state index < -0.39 is 5.82 Å². The van der Waals surface area contributed by atoms with Gasteiger partial charge in [0.15, 0.2) is 0 Å². The zero-order valence-electron chi connectivity index (χ0n) is 11.4. The van der Waals surface area contributed by atoms with E-state index in [1.165, 1.54) is 23.8 Å². The molecule has 2 aromatic rings. The average molecular weight is 304 g/mol. The number of hydrogen-bond acceptors (Lipinski definition) is 1. The van der Waals surface area contributed by atoms with Crippen molar-refractivity contribution in [2.24, 2.45) is 0 Å². The first-order valence-electron chi connectivity index (χ1n) is 6.94. The van der Waals surface area contributed by atoms with Gasteiger partial charge >= 0.3 is 0 Å². The van der Waals surface area contributed by atoms with E-state index >= 15 is 0 Å². The van der Waals surface area contributed by atoms with Gasteiger partial charge in [0.25, 0.3) is 5.91 Å². The van der Waals surface area contributed by atoms with E-state index in [1.807, 2.05) is 18.2 Å². The monoisotopic (exact) mass is 303 g/mol. The molecular weight excluding hydrogens is 289 g/mol. The number of nitrogens with zero attached hydrogens (tertiary/aromatic N) is 1. The number of hydrogen-bond donors (Lipinski definition) is 0. The van der Waals surface area contributed by atoms with E-state index in [0.717, 1.165) is 6.42 Å². The van der Waals surface area contributed by atoms with Crippen LogP contribution < -0.4 is 0 Å². The van der Waals surface area contributed by atoms with Crippen molar-refractivity contribution in [1.29, 1.82) is 0 Å². The predicted molar refractivity (Wildman–Crippen MR) is 81.1 cm³/mol. The van der Waals surface area contributed by atoms with Crippen LogP contribution in [-0.4, -0.2) is 23.9 Å². The first-order chi connectivity index (χ1) is 10.1. The van der Waals surface area contributed by atoms with Crippen LogP contribution in [0.4, 0.5) is 4.39 Å². The van der Waals surface area contributed by atoms with Gasteiger partial charge in [0, 0.05) is 19.0 Å². The number of rotatable bonds is 2. The molecule has 0 spiro atoms. The fourth-order valence-electron chi connectivity index (χ4n) is 2.78. The van der Waals surface area contributed by atoms with Gasteiger partial charge in [-0.25, -0.2) is 4.39 Å². The van der Waals surface area contributed by atoms with Crippen LogP contribution in [0.1, 0.15) is 28.3 Å². The van der Waals surface area contributed by atoms with Crippen molar-refractivity contribution in [2.45, 2.75) is 12.3 Å². The van der Waals surface area contributed by atoms with E-state index in [4.69, 9.17) is 11.6 Å². The lowest BCUT2D eigenvalue weighted by Crippen LogP contribution is -2.28. The maximum absolute atomic E-state index is 13.1. The van der Waals surface area contributed by atoms with Crippen molar-refractivity contribution in [1.82, 2.24) is 4.90 Å². The molecule has 0 radical (unpaired) electrons. The summed E-state index contributed by atoms with van der Waals surface area (Å²) in [6.45, 7) is 1.38. The molecule has 4 heteroatoms. The Morgan fingerprint density at radius 3 is 2.67 bits per heavy atom. The molecule has 1 atom stereocenters. The maximum Gasteiger partial charge on any atom is 0.255 e. The Balaban J connectivity index is 1.75. The van der Waals surface area contributed by atoms with E-state index in [9.17, 15) is 9.18 Å². The highest BCUT2D eigenvalue weighted by Gasteiger charge is 2.28. The summed E-state index contributed by atoms with van der Waals surface area (Å²) in [7, 11) is 0. The Hall–Kier alpha value is -1.87. The largest absolute Gasteiger partial charge is 0.338 e. The van der Waals surface area contributed by atoms with Crippen molar-refractivity contribution in [3.05, 3.63) is 70.5 Å². The molecule has 0 aliphatic carbocycles. The summed E-state index contributed by atoms with van der Waals surface area (Å²) in [5.41, 5.74) is 1.62. The molecule has 21 heavy (non-hydrogen) atoms. The summed E-state index contributed by atoms with van der Waals surface area (Å²) >= 11 is 5.97. The van der Waals surface area contributed by atoms with Crippen LogP contribution in [0, 0.1) is 5.82 Å². The van der Waals surface area contributed by atoms with E-state index in [0.29, 0.717) is 24.6 Å². The molecule has 1 heterocycles. The van der Waals surface area contributed by atoms with Crippen molar-refractivity contribution in [3.8, 4) is 0 Å². The number of benzene rings is 2. The predicted octanol–water partition coefficient (Wildman–Crippen LogP) is 4.11. The lowest BCUT2D eigenvalue weighted by molar-refractivity contribution is 0.0791. The molecule has 1 aliphatic heterocycles. The minimum absolute atomic E-state index is 0.126. The van der Waals surface area contributed by atoms with E-state index in [1.54, 1.807) is 4.90 Å². The second-order valence-electron chi connectivity index (χ2n) is 5.27. The molecule has 1 aliphatic rings. The Morgan fingerprint density at radius 1 is 1.19 bits per heavy atom. The Morgan fingerprint density at radius 2 is 1.95 bits per heavy atom. The van der Waals surface area contributed by atoms with Gasteiger partial charge in [-0.3, -0.25) is 4.79 Å². The summed E-state index contributed by atoms with van der Waals surface area (Å²) in [5.74, 6) is -0.201. The van der Waals surface area contributed by atoms with Gasteiger partial charge in [-0.2, -0.15) is 0 Å². The van der Waals surface area contributed by atoms with Crippen molar-refractivity contribution in [2.75, 3.05) is 13.1 Å². The molecule has 1 amide bonds. The zero-order valence-corrected chi connectivity index (χ0v) is 12.2. The molecule has 1 fully saturated rings. The van der Waals surface area contributed by atoms with Crippen molar-refractivity contribution < 1.29 is 9.18 Å². The highest BCUT2D eigenvalue weighted by atomic mass is 35.5. The molecule has 0 bridgehead atoms. The van der Waals surface area contributed by atoms with Crippen LogP contribution in [-0.2, 0) is 0 Å². The third-order valence-electron chi connectivity index (χ3n) is 3.91. The molecule has 1 saturated heterocycles. The molecule has 2 aromatic carbocycles. The SMILES string of the molecule is O=C(c1ccc(F)cc1Cl)N1CCC(c2ccccc2)C1. The molecule has 0 aromatic heterocycles. The average Bonchev–Trinajstić information content (AvgIpc) is 2.97. The van der Waals surface area contributed by atoms with E-state index in [2.05, 4.69) is 12.1 Å². The third-order valence-corrected chi connectivity index (χ3v) is 4.22. The Labute approximate surface area is 128 Å².